The molecule has 0 bridgehead atoms. The summed E-state index contributed by atoms with van der Waals surface area (Å²) in [5.41, 5.74) is 3.75. The number of phenolic OH excluding ortho intramolecular Hbond substituents is 2. The Labute approximate surface area is 122 Å². The normalized spacial score (nSPS) is 10.7. The Morgan fingerprint density at radius 2 is 1.86 bits per heavy atom. The van der Waals surface area contributed by atoms with Gasteiger partial charge in [-0.2, -0.15) is 0 Å². The number of benzene rings is 2. The molecule has 1 aromatic heterocycles. The van der Waals surface area contributed by atoms with Crippen LogP contribution in [0.5, 0.6) is 11.5 Å². The summed E-state index contributed by atoms with van der Waals surface area (Å²) < 4.78 is 1.75. The first-order valence-corrected chi connectivity index (χ1v) is 6.60. The Balaban J connectivity index is 1.86. The number of phenols is 2. The van der Waals surface area contributed by atoms with Crippen molar-refractivity contribution in [2.45, 2.75) is 13.5 Å². The predicted molar refractivity (Wildman–Crippen MR) is 79.1 cm³/mol. The molecule has 0 atom stereocenters. The van der Waals surface area contributed by atoms with Crippen molar-refractivity contribution in [1.29, 1.82) is 0 Å². The summed E-state index contributed by atoms with van der Waals surface area (Å²) in [6.45, 7) is 2.70. The standard InChI is InChI=1S/C16H15N3O2/c1-11-4-2-3-5-13(11)9-19-10-14(17-18-19)12-6-7-15(20)16(21)8-12/h2-8,10,20-21H,9H2,1H3. The average molecular weight is 281 g/mol. The van der Waals surface area contributed by atoms with E-state index in [-0.39, 0.29) is 11.5 Å². The van der Waals surface area contributed by atoms with Gasteiger partial charge in [0.1, 0.15) is 5.69 Å². The van der Waals surface area contributed by atoms with E-state index < -0.39 is 0 Å². The molecule has 0 aliphatic heterocycles. The van der Waals surface area contributed by atoms with Gasteiger partial charge in [0.2, 0.25) is 0 Å². The van der Waals surface area contributed by atoms with Crippen molar-refractivity contribution in [3.63, 3.8) is 0 Å². The summed E-state index contributed by atoms with van der Waals surface area (Å²) in [4.78, 5) is 0. The van der Waals surface area contributed by atoms with Crippen LogP contribution in [-0.2, 0) is 6.54 Å². The highest BCUT2D eigenvalue weighted by molar-refractivity contribution is 5.62. The monoisotopic (exact) mass is 281 g/mol. The lowest BCUT2D eigenvalue weighted by Gasteiger charge is -2.04. The van der Waals surface area contributed by atoms with Crippen LogP contribution in [0.1, 0.15) is 11.1 Å². The molecule has 0 aliphatic rings. The van der Waals surface area contributed by atoms with Gasteiger partial charge in [-0.25, -0.2) is 4.68 Å². The summed E-state index contributed by atoms with van der Waals surface area (Å²) in [7, 11) is 0. The SMILES string of the molecule is Cc1ccccc1Cn1cc(-c2ccc(O)c(O)c2)nn1. The van der Waals surface area contributed by atoms with Gasteiger partial charge in [0.25, 0.3) is 0 Å². The highest BCUT2D eigenvalue weighted by atomic mass is 16.3. The first kappa shape index (κ1) is 13.2. The number of nitrogens with zero attached hydrogens (tertiary/aromatic N) is 3. The van der Waals surface area contributed by atoms with Gasteiger partial charge in [0, 0.05) is 5.56 Å². The van der Waals surface area contributed by atoms with Crippen LogP contribution in [0.2, 0.25) is 0 Å². The Bertz CT molecular complexity index is 781. The quantitative estimate of drug-likeness (QED) is 0.724. The lowest BCUT2D eigenvalue weighted by atomic mass is 10.1. The van der Waals surface area contributed by atoms with Gasteiger partial charge < -0.3 is 10.2 Å². The molecule has 106 valence electrons. The van der Waals surface area contributed by atoms with Crippen molar-refractivity contribution in [3.8, 4) is 22.8 Å². The second kappa shape index (κ2) is 5.28. The van der Waals surface area contributed by atoms with Crippen LogP contribution in [0, 0.1) is 6.92 Å². The molecule has 0 saturated carbocycles. The smallest absolute Gasteiger partial charge is 0.158 e. The second-order valence-corrected chi connectivity index (χ2v) is 4.93. The van der Waals surface area contributed by atoms with Gasteiger partial charge >= 0.3 is 0 Å². The van der Waals surface area contributed by atoms with E-state index in [1.165, 1.54) is 23.3 Å². The van der Waals surface area contributed by atoms with Crippen LogP contribution >= 0.6 is 0 Å². The minimum absolute atomic E-state index is 0.147. The molecular formula is C16H15N3O2. The molecule has 1 heterocycles. The molecule has 0 radical (unpaired) electrons. The fourth-order valence-corrected chi connectivity index (χ4v) is 2.15. The number of aromatic nitrogens is 3. The highest BCUT2D eigenvalue weighted by Crippen LogP contribution is 2.29. The van der Waals surface area contributed by atoms with Crippen LogP contribution in [0.15, 0.2) is 48.7 Å². The summed E-state index contributed by atoms with van der Waals surface area (Å²) in [5.74, 6) is -0.313. The topological polar surface area (TPSA) is 71.2 Å². The molecule has 2 N–H and O–H groups in total. The third kappa shape index (κ3) is 2.72. The van der Waals surface area contributed by atoms with Crippen molar-refractivity contribution in [3.05, 3.63) is 59.8 Å². The largest absolute Gasteiger partial charge is 0.504 e. The van der Waals surface area contributed by atoms with Crippen molar-refractivity contribution >= 4 is 0 Å². The molecule has 21 heavy (non-hydrogen) atoms. The van der Waals surface area contributed by atoms with E-state index in [0.717, 1.165) is 0 Å². The number of aryl methyl sites for hydroxylation is 1. The van der Waals surface area contributed by atoms with Crippen LogP contribution in [0.3, 0.4) is 0 Å². The number of aromatic hydroxyl groups is 2. The second-order valence-electron chi connectivity index (χ2n) is 4.93. The maximum Gasteiger partial charge on any atom is 0.158 e. The minimum Gasteiger partial charge on any atom is -0.504 e. The van der Waals surface area contributed by atoms with Crippen LogP contribution in [0.4, 0.5) is 0 Å². The first-order valence-electron chi connectivity index (χ1n) is 6.60. The van der Waals surface area contributed by atoms with E-state index in [2.05, 4.69) is 29.4 Å². The first-order chi connectivity index (χ1) is 10.1. The van der Waals surface area contributed by atoms with Gasteiger partial charge in [-0.15, -0.1) is 5.10 Å². The van der Waals surface area contributed by atoms with Crippen LogP contribution in [-0.4, -0.2) is 25.2 Å². The number of hydrogen-bond donors (Lipinski definition) is 2. The van der Waals surface area contributed by atoms with Gasteiger partial charge in [-0.3, -0.25) is 0 Å². The molecule has 3 aromatic rings. The molecule has 0 unspecified atom stereocenters. The maximum absolute atomic E-state index is 9.53. The van der Waals surface area contributed by atoms with Gasteiger partial charge in [-0.05, 0) is 36.2 Å². The summed E-state index contributed by atoms with van der Waals surface area (Å²) >= 11 is 0. The molecule has 0 spiro atoms. The Hall–Kier alpha value is -2.82. The van der Waals surface area contributed by atoms with E-state index >= 15 is 0 Å². The molecule has 0 amide bonds. The molecular weight excluding hydrogens is 266 g/mol. The lowest BCUT2D eigenvalue weighted by molar-refractivity contribution is 0.404. The van der Waals surface area contributed by atoms with E-state index in [9.17, 15) is 10.2 Å². The van der Waals surface area contributed by atoms with Crippen molar-refractivity contribution in [2.75, 3.05) is 0 Å². The van der Waals surface area contributed by atoms with Gasteiger partial charge in [-0.1, -0.05) is 29.5 Å². The molecule has 0 fully saturated rings. The third-order valence-corrected chi connectivity index (χ3v) is 3.40. The summed E-state index contributed by atoms with van der Waals surface area (Å²) in [6.07, 6.45) is 1.82. The van der Waals surface area contributed by atoms with Crippen molar-refractivity contribution in [2.24, 2.45) is 0 Å². The molecule has 0 aliphatic carbocycles. The van der Waals surface area contributed by atoms with E-state index in [0.29, 0.717) is 17.8 Å². The lowest BCUT2D eigenvalue weighted by Crippen LogP contribution is -2.01. The minimum atomic E-state index is -0.166. The fraction of sp³-hybridized carbons (Fsp3) is 0.125. The molecule has 3 rings (SSSR count). The van der Waals surface area contributed by atoms with E-state index in [4.69, 9.17) is 0 Å². The summed E-state index contributed by atoms with van der Waals surface area (Å²) in [6, 6.07) is 12.7. The predicted octanol–water partition coefficient (Wildman–Crippen LogP) is 2.71. The molecule has 5 nitrogen and oxygen atoms in total. The number of rotatable bonds is 3. The molecule has 5 heteroatoms. The zero-order valence-electron chi connectivity index (χ0n) is 11.6. The molecule has 2 aromatic carbocycles. The third-order valence-electron chi connectivity index (χ3n) is 3.40. The Morgan fingerprint density at radius 3 is 2.62 bits per heavy atom. The van der Waals surface area contributed by atoms with E-state index in [1.807, 2.05) is 18.3 Å². The Morgan fingerprint density at radius 1 is 1.05 bits per heavy atom. The average Bonchev–Trinajstić information content (AvgIpc) is 2.93. The van der Waals surface area contributed by atoms with Crippen LogP contribution in [0.25, 0.3) is 11.3 Å². The number of hydrogen-bond acceptors (Lipinski definition) is 4. The maximum atomic E-state index is 9.53. The zero-order chi connectivity index (χ0) is 14.8. The van der Waals surface area contributed by atoms with Crippen LogP contribution < -0.4 is 0 Å². The highest BCUT2D eigenvalue weighted by Gasteiger charge is 2.08. The molecule has 0 saturated heterocycles. The van der Waals surface area contributed by atoms with E-state index in [1.54, 1.807) is 10.7 Å². The van der Waals surface area contributed by atoms with Crippen molar-refractivity contribution < 1.29 is 10.2 Å². The van der Waals surface area contributed by atoms with Gasteiger partial charge in [0.15, 0.2) is 11.5 Å². The Kier molecular flexibility index (Phi) is 3.31. The fourth-order valence-electron chi connectivity index (χ4n) is 2.15. The van der Waals surface area contributed by atoms with Crippen molar-refractivity contribution in [1.82, 2.24) is 15.0 Å². The van der Waals surface area contributed by atoms with Gasteiger partial charge in [0.05, 0.1) is 12.7 Å². The zero-order valence-corrected chi connectivity index (χ0v) is 11.6. The summed E-state index contributed by atoms with van der Waals surface area (Å²) in [5, 5.41) is 27.1.